The Bertz CT molecular complexity index is 1550. The van der Waals surface area contributed by atoms with Gasteiger partial charge in [-0.15, -0.1) is 0 Å². The number of urea groups is 1. The van der Waals surface area contributed by atoms with Gasteiger partial charge in [0.15, 0.2) is 18.1 Å². The van der Waals surface area contributed by atoms with E-state index in [1.165, 1.54) is 13.2 Å². The number of aryl methyl sites for hydroxylation is 1. The highest BCUT2D eigenvalue weighted by Crippen LogP contribution is 2.35. The molecular formula is C30H28IN3O7. The van der Waals surface area contributed by atoms with Crippen LogP contribution in [0.3, 0.4) is 0 Å². The first-order valence-electron chi connectivity index (χ1n) is 12.6. The molecule has 41 heavy (non-hydrogen) atoms. The minimum absolute atomic E-state index is 0.238. The third-order valence-electron chi connectivity index (χ3n) is 6.30. The van der Waals surface area contributed by atoms with Crippen molar-refractivity contribution in [3.05, 3.63) is 80.4 Å². The van der Waals surface area contributed by atoms with Gasteiger partial charge in [0.05, 0.1) is 23.0 Å². The molecule has 0 unspecified atom stereocenters. The SMILES string of the molecule is CCOc1ccc(N2C(=O)NC(=O)/C(=C\c3cc(I)c(OCC(=O)Nc4cccc(C)c4C)c(OC)c3)C2=O)cc1. The lowest BCUT2D eigenvalue weighted by molar-refractivity contribution is -0.122. The van der Waals surface area contributed by atoms with E-state index in [4.69, 9.17) is 14.2 Å². The zero-order valence-corrected chi connectivity index (χ0v) is 25.0. The van der Waals surface area contributed by atoms with Gasteiger partial charge >= 0.3 is 6.03 Å². The molecule has 3 aromatic rings. The van der Waals surface area contributed by atoms with Crippen molar-refractivity contribution >= 4 is 63.8 Å². The van der Waals surface area contributed by atoms with E-state index in [0.717, 1.165) is 16.0 Å². The van der Waals surface area contributed by atoms with Crippen molar-refractivity contribution in [2.75, 3.05) is 30.5 Å². The molecular weight excluding hydrogens is 641 g/mol. The number of hydrogen-bond acceptors (Lipinski definition) is 7. The summed E-state index contributed by atoms with van der Waals surface area (Å²) in [5.74, 6) is -0.728. The summed E-state index contributed by atoms with van der Waals surface area (Å²) < 4.78 is 17.3. The lowest BCUT2D eigenvalue weighted by Gasteiger charge is -2.26. The quantitative estimate of drug-likeness (QED) is 0.187. The van der Waals surface area contributed by atoms with Gasteiger partial charge in [-0.1, -0.05) is 12.1 Å². The molecule has 10 nitrogen and oxygen atoms in total. The smallest absolute Gasteiger partial charge is 0.335 e. The summed E-state index contributed by atoms with van der Waals surface area (Å²) in [4.78, 5) is 51.9. The number of nitrogens with zero attached hydrogens (tertiary/aromatic N) is 1. The van der Waals surface area contributed by atoms with Gasteiger partial charge in [-0.25, -0.2) is 9.69 Å². The van der Waals surface area contributed by atoms with Gasteiger partial charge in [-0.3, -0.25) is 19.7 Å². The first-order valence-corrected chi connectivity index (χ1v) is 13.7. The lowest BCUT2D eigenvalue weighted by atomic mass is 10.1. The number of imide groups is 2. The number of barbiturate groups is 1. The van der Waals surface area contributed by atoms with Crippen molar-refractivity contribution in [2.24, 2.45) is 0 Å². The molecule has 0 aliphatic carbocycles. The van der Waals surface area contributed by atoms with Crippen LogP contribution in [0.1, 0.15) is 23.6 Å². The van der Waals surface area contributed by atoms with Crippen LogP contribution in [-0.2, 0) is 14.4 Å². The number of nitrogens with one attached hydrogen (secondary N) is 2. The minimum atomic E-state index is -0.851. The van der Waals surface area contributed by atoms with Crippen LogP contribution in [0.4, 0.5) is 16.2 Å². The van der Waals surface area contributed by atoms with Crippen molar-refractivity contribution in [2.45, 2.75) is 20.8 Å². The monoisotopic (exact) mass is 669 g/mol. The van der Waals surface area contributed by atoms with E-state index in [0.29, 0.717) is 38.7 Å². The zero-order valence-electron chi connectivity index (χ0n) is 22.9. The van der Waals surface area contributed by atoms with E-state index in [-0.39, 0.29) is 23.8 Å². The predicted molar refractivity (Wildman–Crippen MR) is 162 cm³/mol. The molecule has 0 aromatic heterocycles. The van der Waals surface area contributed by atoms with Crippen molar-refractivity contribution in [1.82, 2.24) is 5.32 Å². The number of benzene rings is 3. The van der Waals surface area contributed by atoms with Gasteiger partial charge in [-0.2, -0.15) is 0 Å². The fraction of sp³-hybridized carbons (Fsp3) is 0.200. The number of methoxy groups -OCH3 is 1. The molecule has 1 aliphatic heterocycles. The molecule has 2 N–H and O–H groups in total. The van der Waals surface area contributed by atoms with Gasteiger partial charge in [0, 0.05) is 5.69 Å². The fourth-order valence-electron chi connectivity index (χ4n) is 4.09. The Kier molecular flexibility index (Phi) is 9.28. The number of anilines is 2. The normalized spacial score (nSPS) is 14.1. The molecule has 0 radical (unpaired) electrons. The Hall–Kier alpha value is -4.39. The third-order valence-corrected chi connectivity index (χ3v) is 7.10. The number of hydrogen-bond donors (Lipinski definition) is 2. The minimum Gasteiger partial charge on any atom is -0.494 e. The van der Waals surface area contributed by atoms with Crippen LogP contribution in [0.5, 0.6) is 17.2 Å². The summed E-state index contributed by atoms with van der Waals surface area (Å²) in [5, 5.41) is 5.05. The van der Waals surface area contributed by atoms with Crippen molar-refractivity contribution in [3.63, 3.8) is 0 Å². The standard InChI is InChI=1S/C30H28IN3O7/c1-5-40-21-11-9-20(10-12-21)34-29(37)22(28(36)33-30(34)38)13-19-14-23(31)27(25(15-19)39-4)41-16-26(35)32-24-8-6-7-17(2)18(24)3/h6-15H,5,16H2,1-4H3,(H,32,35)(H,33,36,38)/b22-13+. The molecule has 0 bridgehead atoms. The molecule has 0 atom stereocenters. The second kappa shape index (κ2) is 12.9. The van der Waals surface area contributed by atoms with Gasteiger partial charge in [0.25, 0.3) is 17.7 Å². The van der Waals surface area contributed by atoms with Gasteiger partial charge < -0.3 is 19.5 Å². The lowest BCUT2D eigenvalue weighted by Crippen LogP contribution is -2.54. The number of carbonyl (C=O) groups is 4. The van der Waals surface area contributed by atoms with Crippen LogP contribution < -0.4 is 29.7 Å². The van der Waals surface area contributed by atoms with Gasteiger partial charge in [0.2, 0.25) is 0 Å². The summed E-state index contributed by atoms with van der Waals surface area (Å²) in [7, 11) is 1.44. The molecule has 1 aliphatic rings. The van der Waals surface area contributed by atoms with Gasteiger partial charge in [-0.05, 0) is 109 Å². The molecule has 5 amide bonds. The van der Waals surface area contributed by atoms with Crippen LogP contribution in [0, 0.1) is 17.4 Å². The Labute approximate surface area is 250 Å². The zero-order chi connectivity index (χ0) is 29.7. The van der Waals surface area contributed by atoms with Crippen LogP contribution in [0.25, 0.3) is 6.08 Å². The first kappa shape index (κ1) is 29.6. The maximum atomic E-state index is 13.3. The number of ether oxygens (including phenoxy) is 3. The second-order valence-corrected chi connectivity index (χ2v) is 10.2. The van der Waals surface area contributed by atoms with E-state index < -0.39 is 17.8 Å². The van der Waals surface area contributed by atoms with E-state index in [1.807, 2.05) is 61.6 Å². The molecule has 4 rings (SSSR count). The number of halogens is 1. The molecule has 1 fully saturated rings. The highest BCUT2D eigenvalue weighted by molar-refractivity contribution is 14.1. The van der Waals surface area contributed by atoms with Crippen LogP contribution in [-0.4, -0.2) is 44.1 Å². The average molecular weight is 669 g/mol. The summed E-state index contributed by atoms with van der Waals surface area (Å²) in [6, 6.07) is 14.4. The Morgan fingerprint density at radius 2 is 1.78 bits per heavy atom. The highest BCUT2D eigenvalue weighted by atomic mass is 127. The maximum absolute atomic E-state index is 13.3. The van der Waals surface area contributed by atoms with Crippen molar-refractivity contribution < 1.29 is 33.4 Å². The fourth-order valence-corrected chi connectivity index (χ4v) is 4.87. The van der Waals surface area contributed by atoms with Crippen LogP contribution >= 0.6 is 22.6 Å². The van der Waals surface area contributed by atoms with Gasteiger partial charge in [0.1, 0.15) is 11.3 Å². The summed E-state index contributed by atoms with van der Waals surface area (Å²) in [5.41, 5.74) is 3.23. The Balaban J connectivity index is 1.54. The van der Waals surface area contributed by atoms with Crippen LogP contribution in [0.2, 0.25) is 0 Å². The van der Waals surface area contributed by atoms with Crippen molar-refractivity contribution in [1.29, 1.82) is 0 Å². The molecule has 1 saturated heterocycles. The molecule has 0 saturated carbocycles. The number of amides is 5. The second-order valence-electron chi connectivity index (χ2n) is 9.00. The average Bonchev–Trinajstić information content (AvgIpc) is 2.93. The van der Waals surface area contributed by atoms with E-state index in [1.54, 1.807) is 36.4 Å². The molecule has 11 heteroatoms. The molecule has 212 valence electrons. The van der Waals surface area contributed by atoms with Crippen molar-refractivity contribution in [3.8, 4) is 17.2 Å². The van der Waals surface area contributed by atoms with Crippen LogP contribution in [0.15, 0.2) is 60.2 Å². The Morgan fingerprint density at radius 1 is 1.05 bits per heavy atom. The predicted octanol–water partition coefficient (Wildman–Crippen LogP) is 5.00. The molecule has 0 spiro atoms. The highest BCUT2D eigenvalue weighted by Gasteiger charge is 2.37. The van der Waals surface area contributed by atoms with E-state index in [2.05, 4.69) is 10.6 Å². The maximum Gasteiger partial charge on any atom is 0.335 e. The number of carbonyl (C=O) groups excluding carboxylic acids is 4. The summed E-state index contributed by atoms with van der Waals surface area (Å²) in [6.07, 6.45) is 1.37. The molecule has 1 heterocycles. The van der Waals surface area contributed by atoms with E-state index in [9.17, 15) is 19.2 Å². The third kappa shape index (κ3) is 6.68. The first-order chi connectivity index (χ1) is 19.6. The summed E-state index contributed by atoms with van der Waals surface area (Å²) in [6.45, 7) is 5.94. The van der Waals surface area contributed by atoms with E-state index >= 15 is 0 Å². The largest absolute Gasteiger partial charge is 0.494 e. The Morgan fingerprint density at radius 3 is 2.46 bits per heavy atom. The summed E-state index contributed by atoms with van der Waals surface area (Å²) >= 11 is 2.02. The number of rotatable bonds is 9. The molecule has 3 aromatic carbocycles. The topological polar surface area (TPSA) is 123 Å².